The van der Waals surface area contributed by atoms with Gasteiger partial charge in [-0.1, -0.05) is 29.8 Å². The van der Waals surface area contributed by atoms with Gasteiger partial charge in [0, 0.05) is 11.4 Å². The van der Waals surface area contributed by atoms with Crippen molar-refractivity contribution in [2.24, 2.45) is 0 Å². The van der Waals surface area contributed by atoms with Crippen LogP contribution < -0.4 is 5.32 Å². The lowest BCUT2D eigenvalue weighted by atomic mass is 10.1. The summed E-state index contributed by atoms with van der Waals surface area (Å²) in [6, 6.07) is 13.2. The SMILES string of the molecule is COC(=O)c1ccc(CNC(=O)CSc2cc(C)ccc2C)cc1. The van der Waals surface area contributed by atoms with Gasteiger partial charge in [-0.2, -0.15) is 0 Å². The van der Waals surface area contributed by atoms with Crippen molar-refractivity contribution < 1.29 is 14.3 Å². The maximum atomic E-state index is 12.0. The first-order valence-corrected chi connectivity index (χ1v) is 8.62. The van der Waals surface area contributed by atoms with Gasteiger partial charge in [0.1, 0.15) is 0 Å². The van der Waals surface area contributed by atoms with Crippen molar-refractivity contribution in [2.75, 3.05) is 12.9 Å². The van der Waals surface area contributed by atoms with E-state index in [2.05, 4.69) is 28.3 Å². The number of amides is 1. The van der Waals surface area contributed by atoms with Crippen molar-refractivity contribution in [1.82, 2.24) is 5.32 Å². The number of nitrogens with one attached hydrogen (secondary N) is 1. The number of methoxy groups -OCH3 is 1. The highest BCUT2D eigenvalue weighted by Crippen LogP contribution is 2.23. The van der Waals surface area contributed by atoms with Crippen LogP contribution in [0.5, 0.6) is 0 Å². The Labute approximate surface area is 146 Å². The van der Waals surface area contributed by atoms with Crippen molar-refractivity contribution in [1.29, 1.82) is 0 Å². The first-order chi connectivity index (χ1) is 11.5. The van der Waals surface area contributed by atoms with Crippen LogP contribution in [0, 0.1) is 13.8 Å². The first kappa shape index (κ1) is 18.1. The van der Waals surface area contributed by atoms with Crippen molar-refractivity contribution in [2.45, 2.75) is 25.3 Å². The standard InChI is InChI=1S/C19H21NO3S/c1-13-4-5-14(2)17(10-13)24-12-18(21)20-11-15-6-8-16(9-7-15)19(22)23-3/h4-10H,11-12H2,1-3H3,(H,20,21). The number of carbonyl (C=O) groups is 2. The number of hydrogen-bond donors (Lipinski definition) is 1. The molecule has 0 heterocycles. The summed E-state index contributed by atoms with van der Waals surface area (Å²) in [4.78, 5) is 24.5. The molecule has 126 valence electrons. The highest BCUT2D eigenvalue weighted by atomic mass is 32.2. The van der Waals surface area contributed by atoms with Crippen LogP contribution in [0.15, 0.2) is 47.4 Å². The number of benzene rings is 2. The number of hydrogen-bond acceptors (Lipinski definition) is 4. The van der Waals surface area contributed by atoms with Gasteiger partial charge in [0.05, 0.1) is 18.4 Å². The van der Waals surface area contributed by atoms with E-state index in [1.807, 2.05) is 26.0 Å². The summed E-state index contributed by atoms with van der Waals surface area (Å²) < 4.78 is 4.65. The molecule has 0 saturated carbocycles. The van der Waals surface area contributed by atoms with E-state index in [-0.39, 0.29) is 11.9 Å². The summed E-state index contributed by atoms with van der Waals surface area (Å²) in [6.45, 7) is 4.53. The number of esters is 1. The summed E-state index contributed by atoms with van der Waals surface area (Å²) >= 11 is 1.54. The molecule has 0 aliphatic rings. The molecule has 0 atom stereocenters. The zero-order valence-electron chi connectivity index (χ0n) is 14.1. The van der Waals surface area contributed by atoms with E-state index in [1.165, 1.54) is 18.2 Å². The van der Waals surface area contributed by atoms with E-state index in [9.17, 15) is 9.59 Å². The predicted octanol–water partition coefficient (Wildman–Crippen LogP) is 3.50. The van der Waals surface area contributed by atoms with Crippen LogP contribution in [-0.2, 0) is 16.1 Å². The van der Waals surface area contributed by atoms with Gasteiger partial charge < -0.3 is 10.1 Å². The second-order valence-corrected chi connectivity index (χ2v) is 6.54. The molecule has 0 aliphatic carbocycles. The van der Waals surface area contributed by atoms with Crippen molar-refractivity contribution in [3.63, 3.8) is 0 Å². The summed E-state index contributed by atoms with van der Waals surface area (Å²) in [5.74, 6) is -0.00155. The third-order valence-electron chi connectivity index (χ3n) is 3.57. The fourth-order valence-corrected chi connectivity index (χ4v) is 3.09. The molecule has 0 fully saturated rings. The highest BCUT2D eigenvalue weighted by Gasteiger charge is 2.07. The smallest absolute Gasteiger partial charge is 0.337 e. The van der Waals surface area contributed by atoms with Crippen LogP contribution in [0.1, 0.15) is 27.0 Å². The Morgan fingerprint density at radius 3 is 2.46 bits per heavy atom. The summed E-state index contributed by atoms with van der Waals surface area (Å²) in [5, 5.41) is 2.89. The molecule has 0 aliphatic heterocycles. The Morgan fingerprint density at radius 2 is 1.79 bits per heavy atom. The third kappa shape index (κ3) is 5.13. The molecule has 0 saturated heterocycles. The van der Waals surface area contributed by atoms with Gasteiger partial charge in [-0.15, -0.1) is 11.8 Å². The average Bonchev–Trinajstić information content (AvgIpc) is 2.60. The lowest BCUT2D eigenvalue weighted by molar-refractivity contribution is -0.118. The van der Waals surface area contributed by atoms with Crippen LogP contribution in [-0.4, -0.2) is 24.7 Å². The number of ether oxygens (including phenoxy) is 1. The quantitative estimate of drug-likeness (QED) is 0.644. The van der Waals surface area contributed by atoms with E-state index in [4.69, 9.17) is 0 Å². The Morgan fingerprint density at radius 1 is 1.08 bits per heavy atom. The molecule has 2 rings (SSSR count). The lowest BCUT2D eigenvalue weighted by Gasteiger charge is -2.08. The molecule has 0 unspecified atom stereocenters. The lowest BCUT2D eigenvalue weighted by Crippen LogP contribution is -2.24. The number of aryl methyl sites for hydroxylation is 2. The van der Waals surface area contributed by atoms with Crippen LogP contribution in [0.4, 0.5) is 0 Å². The fourth-order valence-electron chi connectivity index (χ4n) is 2.13. The van der Waals surface area contributed by atoms with E-state index in [0.717, 1.165) is 10.5 Å². The number of carbonyl (C=O) groups excluding carboxylic acids is 2. The molecule has 0 spiro atoms. The van der Waals surface area contributed by atoms with E-state index >= 15 is 0 Å². The Kier molecular flexibility index (Phi) is 6.44. The molecular formula is C19H21NO3S. The molecule has 24 heavy (non-hydrogen) atoms. The topological polar surface area (TPSA) is 55.4 Å². The van der Waals surface area contributed by atoms with Crippen LogP contribution >= 0.6 is 11.8 Å². The Hall–Kier alpha value is -2.27. The van der Waals surface area contributed by atoms with Gasteiger partial charge in [0.15, 0.2) is 0 Å². The maximum Gasteiger partial charge on any atom is 0.337 e. The van der Waals surface area contributed by atoms with Crippen LogP contribution in [0.25, 0.3) is 0 Å². The second kappa shape index (κ2) is 8.55. The predicted molar refractivity (Wildman–Crippen MR) is 96.3 cm³/mol. The van der Waals surface area contributed by atoms with E-state index in [0.29, 0.717) is 17.9 Å². The van der Waals surface area contributed by atoms with Crippen LogP contribution in [0.2, 0.25) is 0 Å². The zero-order chi connectivity index (χ0) is 17.5. The summed E-state index contributed by atoms with van der Waals surface area (Å²) in [5.41, 5.74) is 3.80. The van der Waals surface area contributed by atoms with Gasteiger partial charge >= 0.3 is 5.97 Å². The Bertz CT molecular complexity index is 726. The third-order valence-corrected chi connectivity index (χ3v) is 4.72. The molecule has 2 aromatic rings. The number of rotatable bonds is 6. The average molecular weight is 343 g/mol. The molecule has 1 amide bonds. The molecule has 0 radical (unpaired) electrons. The van der Waals surface area contributed by atoms with Crippen molar-refractivity contribution in [3.8, 4) is 0 Å². The Balaban J connectivity index is 1.82. The minimum atomic E-state index is -0.365. The summed E-state index contributed by atoms with van der Waals surface area (Å²) in [7, 11) is 1.35. The zero-order valence-corrected chi connectivity index (χ0v) is 14.9. The van der Waals surface area contributed by atoms with Gasteiger partial charge in [-0.3, -0.25) is 4.79 Å². The molecule has 4 nitrogen and oxygen atoms in total. The number of thioether (sulfide) groups is 1. The van der Waals surface area contributed by atoms with Gasteiger partial charge in [0.2, 0.25) is 5.91 Å². The fraction of sp³-hybridized carbons (Fsp3) is 0.263. The molecule has 5 heteroatoms. The normalized spacial score (nSPS) is 10.3. The molecular weight excluding hydrogens is 322 g/mol. The largest absolute Gasteiger partial charge is 0.465 e. The van der Waals surface area contributed by atoms with Crippen molar-refractivity contribution in [3.05, 3.63) is 64.7 Å². The molecule has 2 aromatic carbocycles. The molecule has 1 N–H and O–H groups in total. The van der Waals surface area contributed by atoms with Gasteiger partial charge in [-0.05, 0) is 43.2 Å². The monoisotopic (exact) mass is 343 g/mol. The molecule has 0 bridgehead atoms. The van der Waals surface area contributed by atoms with Gasteiger partial charge in [-0.25, -0.2) is 4.79 Å². The summed E-state index contributed by atoms with van der Waals surface area (Å²) in [6.07, 6.45) is 0. The van der Waals surface area contributed by atoms with E-state index in [1.54, 1.807) is 23.9 Å². The minimum Gasteiger partial charge on any atom is -0.465 e. The van der Waals surface area contributed by atoms with Crippen LogP contribution in [0.3, 0.4) is 0 Å². The molecule has 0 aromatic heterocycles. The second-order valence-electron chi connectivity index (χ2n) is 5.52. The van der Waals surface area contributed by atoms with Gasteiger partial charge in [0.25, 0.3) is 0 Å². The van der Waals surface area contributed by atoms with Crippen molar-refractivity contribution >= 4 is 23.6 Å². The maximum absolute atomic E-state index is 12.0. The minimum absolute atomic E-state index is 0.0158. The highest BCUT2D eigenvalue weighted by molar-refractivity contribution is 8.00. The first-order valence-electron chi connectivity index (χ1n) is 7.63. The van der Waals surface area contributed by atoms with E-state index < -0.39 is 0 Å².